The topological polar surface area (TPSA) is 62.1 Å². The Morgan fingerprint density at radius 1 is 1.06 bits per heavy atom. The highest BCUT2D eigenvalue weighted by Gasteiger charge is 2.15. The first kappa shape index (κ1) is 22.8. The summed E-state index contributed by atoms with van der Waals surface area (Å²) in [5, 5.41) is 12.4. The van der Waals surface area contributed by atoms with Crippen LogP contribution in [0.5, 0.6) is 5.75 Å². The number of benzene rings is 3. The zero-order chi connectivity index (χ0) is 22.2. The zero-order valence-electron chi connectivity index (χ0n) is 16.8. The average molecular weight is 540 g/mol. The zero-order valence-corrected chi connectivity index (χ0v) is 20.0. The van der Waals surface area contributed by atoms with Gasteiger partial charge in [0, 0.05) is 0 Å². The maximum atomic E-state index is 12.6. The molecule has 0 aliphatic carbocycles. The second-order valence-corrected chi connectivity index (χ2v) is 8.57. The maximum absolute atomic E-state index is 12.6. The van der Waals surface area contributed by atoms with Crippen molar-refractivity contribution in [2.45, 2.75) is 19.6 Å². The molecule has 0 bridgehead atoms. The van der Waals surface area contributed by atoms with Crippen LogP contribution in [0, 0.1) is 11.3 Å². The molecule has 0 aliphatic heterocycles. The number of carbonyl (C=O) groups excluding carboxylic acids is 1. The maximum Gasteiger partial charge on any atom is 0.262 e. The van der Waals surface area contributed by atoms with E-state index < -0.39 is 5.91 Å². The molecule has 0 unspecified atom stereocenters. The van der Waals surface area contributed by atoms with Crippen LogP contribution in [0.3, 0.4) is 0 Å². The van der Waals surface area contributed by atoms with Gasteiger partial charge in [-0.3, -0.25) is 4.79 Å². The summed E-state index contributed by atoms with van der Waals surface area (Å²) in [6.45, 7) is 2.31. The fourth-order valence-electron chi connectivity index (χ4n) is 2.95. The molecule has 0 radical (unpaired) electrons. The highest BCUT2D eigenvalue weighted by atomic mass is 79.9. The van der Waals surface area contributed by atoms with Crippen molar-refractivity contribution in [2.24, 2.45) is 0 Å². The molecule has 3 aromatic carbocycles. The van der Waals surface area contributed by atoms with E-state index >= 15 is 0 Å². The summed E-state index contributed by atoms with van der Waals surface area (Å²) in [4.78, 5) is 12.6. The summed E-state index contributed by atoms with van der Waals surface area (Å²) in [5.41, 5.74) is 2.75. The third-order valence-electron chi connectivity index (χ3n) is 4.57. The van der Waals surface area contributed by atoms with E-state index in [1.807, 2.05) is 85.8 Å². The molecule has 0 fully saturated rings. The number of nitrogens with zero attached hydrogens (tertiary/aromatic N) is 1. The number of hydrogen-bond donors (Lipinski definition) is 1. The van der Waals surface area contributed by atoms with Crippen molar-refractivity contribution in [1.29, 1.82) is 5.26 Å². The van der Waals surface area contributed by atoms with Crippen LogP contribution in [0.4, 0.5) is 0 Å². The Morgan fingerprint density at radius 2 is 1.65 bits per heavy atom. The Morgan fingerprint density at radius 3 is 2.23 bits per heavy atom. The molecule has 0 heterocycles. The molecule has 0 aromatic heterocycles. The summed E-state index contributed by atoms with van der Waals surface area (Å²) in [6, 6.07) is 24.9. The molecule has 1 amide bonds. The summed E-state index contributed by atoms with van der Waals surface area (Å²) >= 11 is 7.05. The molecule has 0 aliphatic rings. The van der Waals surface area contributed by atoms with E-state index in [9.17, 15) is 10.1 Å². The predicted molar refractivity (Wildman–Crippen MR) is 129 cm³/mol. The molecule has 4 nitrogen and oxygen atoms in total. The summed E-state index contributed by atoms with van der Waals surface area (Å²) in [6.07, 6.45) is 1.56. The van der Waals surface area contributed by atoms with E-state index in [2.05, 4.69) is 37.2 Å². The SMILES string of the molecule is C[C@H](NC(=O)/C(C#N)=C\c1cc(Br)c(OCc2ccccc2)c(Br)c1)c1ccccc1. The van der Waals surface area contributed by atoms with Crippen molar-refractivity contribution in [3.05, 3.63) is 104 Å². The van der Waals surface area contributed by atoms with Crippen molar-refractivity contribution in [2.75, 3.05) is 0 Å². The van der Waals surface area contributed by atoms with E-state index in [-0.39, 0.29) is 11.6 Å². The molecular weight excluding hydrogens is 520 g/mol. The van der Waals surface area contributed by atoms with E-state index in [1.54, 1.807) is 6.08 Å². The fraction of sp³-hybridized carbons (Fsp3) is 0.120. The third-order valence-corrected chi connectivity index (χ3v) is 5.75. The Kier molecular flexibility index (Phi) is 8.05. The van der Waals surface area contributed by atoms with E-state index in [0.29, 0.717) is 17.9 Å². The molecule has 6 heteroatoms. The first-order chi connectivity index (χ1) is 15.0. The van der Waals surface area contributed by atoms with Gasteiger partial charge in [-0.05, 0) is 73.7 Å². The summed E-state index contributed by atoms with van der Waals surface area (Å²) in [5.74, 6) is 0.233. The number of nitriles is 1. The van der Waals surface area contributed by atoms with Gasteiger partial charge in [0.2, 0.25) is 0 Å². The van der Waals surface area contributed by atoms with E-state index in [4.69, 9.17) is 4.74 Å². The van der Waals surface area contributed by atoms with Gasteiger partial charge >= 0.3 is 0 Å². The van der Waals surface area contributed by atoms with Gasteiger partial charge in [0.25, 0.3) is 5.91 Å². The molecule has 0 spiro atoms. The van der Waals surface area contributed by atoms with Crippen molar-refractivity contribution in [1.82, 2.24) is 5.32 Å². The summed E-state index contributed by atoms with van der Waals surface area (Å²) in [7, 11) is 0. The predicted octanol–water partition coefficient (Wildman–Crippen LogP) is 6.57. The minimum absolute atomic E-state index is 0.0273. The van der Waals surface area contributed by atoms with Crippen molar-refractivity contribution < 1.29 is 9.53 Å². The number of hydrogen-bond acceptors (Lipinski definition) is 3. The lowest BCUT2D eigenvalue weighted by atomic mass is 10.1. The van der Waals surface area contributed by atoms with Gasteiger partial charge < -0.3 is 10.1 Å². The Hall–Kier alpha value is -2.88. The molecule has 156 valence electrons. The molecule has 3 rings (SSSR count). The minimum Gasteiger partial charge on any atom is -0.487 e. The Labute approximate surface area is 198 Å². The normalized spacial score (nSPS) is 12.0. The molecule has 3 aromatic rings. The number of rotatable bonds is 7. The first-order valence-electron chi connectivity index (χ1n) is 9.61. The first-order valence-corrected chi connectivity index (χ1v) is 11.2. The van der Waals surface area contributed by atoms with Crippen LogP contribution in [0.25, 0.3) is 6.08 Å². The monoisotopic (exact) mass is 538 g/mol. The van der Waals surface area contributed by atoms with Crippen LogP contribution in [0.2, 0.25) is 0 Å². The van der Waals surface area contributed by atoms with Gasteiger partial charge in [0.15, 0.2) is 0 Å². The van der Waals surface area contributed by atoms with E-state index in [1.165, 1.54) is 0 Å². The van der Waals surface area contributed by atoms with Gasteiger partial charge in [0.1, 0.15) is 24.0 Å². The van der Waals surface area contributed by atoms with Gasteiger partial charge in [-0.1, -0.05) is 60.7 Å². The number of amides is 1. The number of carbonyl (C=O) groups is 1. The smallest absolute Gasteiger partial charge is 0.262 e. The Bertz CT molecular complexity index is 1100. The number of nitrogens with one attached hydrogen (secondary N) is 1. The molecule has 0 saturated carbocycles. The standard InChI is InChI=1S/C25H20Br2N2O2/c1-17(20-10-6-3-7-11-20)29-25(30)21(15-28)12-19-13-22(26)24(23(27)14-19)31-16-18-8-4-2-5-9-18/h2-14,17H,16H2,1H3,(H,29,30)/b21-12-/t17-/m0/s1. The van der Waals surface area contributed by atoms with Crippen LogP contribution in [0.15, 0.2) is 87.3 Å². The number of halogens is 2. The average Bonchev–Trinajstić information content (AvgIpc) is 2.78. The van der Waals surface area contributed by atoms with Gasteiger partial charge in [0.05, 0.1) is 15.0 Å². The van der Waals surface area contributed by atoms with Crippen LogP contribution >= 0.6 is 31.9 Å². The second-order valence-electron chi connectivity index (χ2n) is 6.86. The minimum atomic E-state index is -0.421. The molecule has 1 N–H and O–H groups in total. The van der Waals surface area contributed by atoms with Gasteiger partial charge in [-0.15, -0.1) is 0 Å². The highest BCUT2D eigenvalue weighted by molar-refractivity contribution is 9.11. The third kappa shape index (κ3) is 6.30. The number of ether oxygens (including phenoxy) is 1. The van der Waals surface area contributed by atoms with Gasteiger partial charge in [-0.2, -0.15) is 5.26 Å². The lowest BCUT2D eigenvalue weighted by molar-refractivity contribution is -0.117. The highest BCUT2D eigenvalue weighted by Crippen LogP contribution is 2.36. The van der Waals surface area contributed by atoms with Crippen LogP contribution in [-0.2, 0) is 11.4 Å². The lowest BCUT2D eigenvalue weighted by Crippen LogP contribution is -2.27. The lowest BCUT2D eigenvalue weighted by Gasteiger charge is -2.14. The van der Waals surface area contributed by atoms with Crippen molar-refractivity contribution in [3.8, 4) is 11.8 Å². The fourth-order valence-corrected chi connectivity index (χ4v) is 4.40. The van der Waals surface area contributed by atoms with Crippen molar-refractivity contribution in [3.63, 3.8) is 0 Å². The van der Waals surface area contributed by atoms with Crippen molar-refractivity contribution >= 4 is 43.8 Å². The Balaban J connectivity index is 1.74. The van der Waals surface area contributed by atoms with Gasteiger partial charge in [-0.25, -0.2) is 0 Å². The van der Waals surface area contributed by atoms with Crippen LogP contribution in [0.1, 0.15) is 29.7 Å². The van der Waals surface area contributed by atoms with E-state index in [0.717, 1.165) is 20.1 Å². The molecule has 31 heavy (non-hydrogen) atoms. The second kappa shape index (κ2) is 10.9. The molecule has 1 atom stereocenters. The summed E-state index contributed by atoms with van der Waals surface area (Å²) < 4.78 is 7.37. The van der Waals surface area contributed by atoms with Crippen LogP contribution in [-0.4, -0.2) is 5.91 Å². The van der Waals surface area contributed by atoms with Crippen LogP contribution < -0.4 is 10.1 Å². The largest absolute Gasteiger partial charge is 0.487 e. The molecule has 0 saturated heterocycles. The quantitative estimate of drug-likeness (QED) is 0.272. The molecular formula is C25H20Br2N2O2.